The molecule has 0 fully saturated rings. The van der Waals surface area contributed by atoms with Gasteiger partial charge in [-0.2, -0.15) is 0 Å². The van der Waals surface area contributed by atoms with E-state index in [1.54, 1.807) is 30.3 Å². The summed E-state index contributed by atoms with van der Waals surface area (Å²) in [6.07, 6.45) is 2.59. The largest absolute Gasteiger partial charge is 0.508 e. The maximum Gasteiger partial charge on any atom is 0.345 e. The molecule has 0 radical (unpaired) electrons. The average molecular weight is 424 g/mol. The summed E-state index contributed by atoms with van der Waals surface area (Å²) >= 11 is 0. The lowest BCUT2D eigenvalue weighted by molar-refractivity contribution is -0.138. The van der Waals surface area contributed by atoms with Crippen molar-refractivity contribution in [2.24, 2.45) is 0 Å². The summed E-state index contributed by atoms with van der Waals surface area (Å²) in [5.74, 6) is -1.79. The molecule has 0 saturated carbocycles. The van der Waals surface area contributed by atoms with Crippen molar-refractivity contribution in [3.05, 3.63) is 65.7 Å². The molecular weight excluding hydrogens is 404 g/mol. The van der Waals surface area contributed by atoms with Crippen LogP contribution in [0.15, 0.2) is 54.3 Å². The number of H-pyrrole nitrogens is 1. The molecule has 9 heteroatoms. The molecule has 0 bridgehead atoms. The Kier molecular flexibility index (Phi) is 6.56. The van der Waals surface area contributed by atoms with E-state index in [1.165, 1.54) is 32.4 Å². The summed E-state index contributed by atoms with van der Waals surface area (Å²) in [5.41, 5.74) is 1.61. The van der Waals surface area contributed by atoms with Crippen molar-refractivity contribution >= 4 is 34.6 Å². The Morgan fingerprint density at radius 2 is 1.94 bits per heavy atom. The third-order valence-corrected chi connectivity index (χ3v) is 4.27. The number of aliphatic hydroxyl groups excluding tert-OH is 1. The van der Waals surface area contributed by atoms with Crippen LogP contribution in [0, 0.1) is 0 Å². The molecule has 160 valence electrons. The lowest BCUT2D eigenvalue weighted by Crippen LogP contribution is -2.13. The van der Waals surface area contributed by atoms with Gasteiger partial charge < -0.3 is 29.4 Å². The minimum atomic E-state index is -0.834. The number of rotatable bonds is 7. The number of phenols is 1. The van der Waals surface area contributed by atoms with Crippen LogP contribution in [0.1, 0.15) is 11.4 Å². The van der Waals surface area contributed by atoms with Gasteiger partial charge in [0.25, 0.3) is 0 Å². The zero-order chi connectivity index (χ0) is 22.4. The van der Waals surface area contributed by atoms with Gasteiger partial charge in [-0.05, 0) is 35.9 Å². The van der Waals surface area contributed by atoms with Crippen LogP contribution in [-0.2, 0) is 19.1 Å². The van der Waals surface area contributed by atoms with E-state index in [9.17, 15) is 19.8 Å². The summed E-state index contributed by atoms with van der Waals surface area (Å²) in [6, 6.07) is 11.6. The Hall–Kier alpha value is -4.27. The van der Waals surface area contributed by atoms with Crippen molar-refractivity contribution in [1.82, 2.24) is 9.97 Å². The number of aromatic nitrogens is 2. The summed E-state index contributed by atoms with van der Waals surface area (Å²) in [4.78, 5) is 31.4. The fraction of sp³-hybridized carbons (Fsp3) is 0.136. The second kappa shape index (κ2) is 9.49. The molecule has 0 spiro atoms. The number of carbonyl (C=O) groups is 2. The number of phenolic OH excluding ortho intramolecular Hbond substituents is 1. The standard InChI is InChI=1S/C22H20N2O7/c1-29-18-11-13(7-9-16(18)25)8-10-19(27)31-12-17(26)20(22(28)30-2)21-23-14-5-3-4-6-15(14)24-21/h3-11,25-26H,12H2,1-2H3,(H,23,24)/b10-8+,20-17+. The number of aromatic amines is 1. The van der Waals surface area contributed by atoms with Gasteiger partial charge in [0.1, 0.15) is 23.8 Å². The van der Waals surface area contributed by atoms with Crippen LogP contribution < -0.4 is 4.74 Å². The van der Waals surface area contributed by atoms with Gasteiger partial charge >= 0.3 is 11.9 Å². The van der Waals surface area contributed by atoms with Gasteiger partial charge in [-0.15, -0.1) is 0 Å². The van der Waals surface area contributed by atoms with Gasteiger partial charge in [-0.3, -0.25) is 0 Å². The zero-order valence-corrected chi connectivity index (χ0v) is 16.8. The minimum absolute atomic E-state index is 0.0294. The Balaban J connectivity index is 1.75. The number of methoxy groups -OCH3 is 2. The molecule has 0 saturated heterocycles. The number of fused-ring (bicyclic) bond motifs is 1. The molecule has 3 N–H and O–H groups in total. The monoisotopic (exact) mass is 424 g/mol. The van der Waals surface area contributed by atoms with Gasteiger partial charge in [0.2, 0.25) is 0 Å². The summed E-state index contributed by atoms with van der Waals surface area (Å²) < 4.78 is 14.7. The maximum absolute atomic E-state index is 12.2. The second-order valence-corrected chi connectivity index (χ2v) is 6.29. The molecule has 1 aromatic heterocycles. The predicted molar refractivity (Wildman–Crippen MR) is 112 cm³/mol. The normalized spacial score (nSPS) is 11.9. The lowest BCUT2D eigenvalue weighted by atomic mass is 10.2. The highest BCUT2D eigenvalue weighted by Gasteiger charge is 2.22. The number of hydrogen-bond acceptors (Lipinski definition) is 8. The number of hydrogen-bond donors (Lipinski definition) is 3. The third kappa shape index (κ3) is 5.02. The highest BCUT2D eigenvalue weighted by atomic mass is 16.5. The number of ether oxygens (including phenoxy) is 3. The Bertz CT molecular complexity index is 1140. The number of benzene rings is 2. The molecule has 0 aliphatic heterocycles. The number of carbonyl (C=O) groups excluding carboxylic acids is 2. The second-order valence-electron chi connectivity index (χ2n) is 6.29. The number of esters is 2. The van der Waals surface area contributed by atoms with E-state index in [1.807, 2.05) is 0 Å². The molecular formula is C22H20N2O7. The zero-order valence-electron chi connectivity index (χ0n) is 16.8. The van der Waals surface area contributed by atoms with E-state index < -0.39 is 24.3 Å². The van der Waals surface area contributed by atoms with E-state index >= 15 is 0 Å². The number of imidazole rings is 1. The van der Waals surface area contributed by atoms with Crippen molar-refractivity contribution in [3.63, 3.8) is 0 Å². The van der Waals surface area contributed by atoms with Gasteiger partial charge in [-0.25, -0.2) is 14.6 Å². The number of aliphatic hydroxyl groups is 1. The van der Waals surface area contributed by atoms with Gasteiger partial charge in [0.15, 0.2) is 11.5 Å². The van der Waals surface area contributed by atoms with Crippen LogP contribution in [0.25, 0.3) is 22.7 Å². The quantitative estimate of drug-likeness (QED) is 0.300. The molecule has 0 unspecified atom stereocenters. The van der Waals surface area contributed by atoms with Crippen LogP contribution in [0.4, 0.5) is 0 Å². The summed E-state index contributed by atoms with van der Waals surface area (Å²) in [6.45, 7) is -0.566. The van der Waals surface area contributed by atoms with Crippen LogP contribution in [0.3, 0.4) is 0 Å². The molecule has 0 atom stereocenters. The Morgan fingerprint density at radius 1 is 1.16 bits per heavy atom. The SMILES string of the molecule is COC(=O)/C(=C(/O)COC(=O)/C=C/c1ccc(O)c(OC)c1)c1nc2ccccc2[nH]1. The first-order valence-corrected chi connectivity index (χ1v) is 9.10. The smallest absolute Gasteiger partial charge is 0.345 e. The first kappa shape index (κ1) is 21.4. The van der Waals surface area contributed by atoms with Crippen molar-refractivity contribution < 1.29 is 34.0 Å². The number of nitrogens with one attached hydrogen (secondary N) is 1. The first-order chi connectivity index (χ1) is 14.9. The van der Waals surface area contributed by atoms with Gasteiger partial charge in [0.05, 0.1) is 25.3 Å². The average Bonchev–Trinajstić information content (AvgIpc) is 3.20. The summed E-state index contributed by atoms with van der Waals surface area (Å²) in [7, 11) is 2.58. The molecule has 0 aliphatic carbocycles. The Labute approximate surface area is 177 Å². The van der Waals surface area contributed by atoms with E-state index in [0.29, 0.717) is 16.6 Å². The molecule has 2 aromatic carbocycles. The molecule has 0 aliphatic rings. The summed E-state index contributed by atoms with van der Waals surface area (Å²) in [5, 5.41) is 20.0. The number of aromatic hydroxyl groups is 1. The van der Waals surface area contributed by atoms with Gasteiger partial charge in [0, 0.05) is 6.08 Å². The molecule has 0 amide bonds. The maximum atomic E-state index is 12.2. The first-order valence-electron chi connectivity index (χ1n) is 9.10. The molecule has 3 aromatic rings. The molecule has 31 heavy (non-hydrogen) atoms. The highest BCUT2D eigenvalue weighted by Crippen LogP contribution is 2.26. The number of para-hydroxylation sites is 2. The van der Waals surface area contributed by atoms with Gasteiger partial charge in [-0.1, -0.05) is 18.2 Å². The Morgan fingerprint density at radius 3 is 2.65 bits per heavy atom. The highest BCUT2D eigenvalue weighted by molar-refractivity contribution is 6.16. The van der Waals surface area contributed by atoms with Crippen molar-refractivity contribution in [3.8, 4) is 11.5 Å². The molecule has 1 heterocycles. The van der Waals surface area contributed by atoms with E-state index in [4.69, 9.17) is 14.2 Å². The molecule has 3 rings (SSSR count). The minimum Gasteiger partial charge on any atom is -0.508 e. The fourth-order valence-electron chi connectivity index (χ4n) is 2.75. The van der Waals surface area contributed by atoms with Crippen molar-refractivity contribution in [2.45, 2.75) is 0 Å². The lowest BCUT2D eigenvalue weighted by Gasteiger charge is -2.07. The van der Waals surface area contributed by atoms with Crippen molar-refractivity contribution in [2.75, 3.05) is 20.8 Å². The van der Waals surface area contributed by atoms with E-state index in [0.717, 1.165) is 6.08 Å². The van der Waals surface area contributed by atoms with Crippen LogP contribution >= 0.6 is 0 Å². The van der Waals surface area contributed by atoms with Crippen LogP contribution in [-0.4, -0.2) is 52.9 Å². The van der Waals surface area contributed by atoms with Crippen LogP contribution in [0.5, 0.6) is 11.5 Å². The topological polar surface area (TPSA) is 131 Å². The van der Waals surface area contributed by atoms with E-state index in [2.05, 4.69) is 9.97 Å². The fourth-order valence-corrected chi connectivity index (χ4v) is 2.75. The predicted octanol–water partition coefficient (Wildman–Crippen LogP) is 2.98. The molecule has 9 nitrogen and oxygen atoms in total. The van der Waals surface area contributed by atoms with Crippen molar-refractivity contribution in [1.29, 1.82) is 0 Å². The van der Waals surface area contributed by atoms with E-state index in [-0.39, 0.29) is 22.9 Å². The van der Waals surface area contributed by atoms with Crippen LogP contribution in [0.2, 0.25) is 0 Å². The third-order valence-electron chi connectivity index (χ3n) is 4.27. The number of nitrogens with zero attached hydrogens (tertiary/aromatic N) is 1.